The molecule has 0 amide bonds. The van der Waals surface area contributed by atoms with E-state index in [2.05, 4.69) is 24.4 Å². The average molecular weight is 290 g/mol. The first-order chi connectivity index (χ1) is 9.60. The molecule has 106 valence electrons. The molecule has 0 radical (unpaired) electrons. The topological polar surface area (TPSA) is 64.3 Å². The third kappa shape index (κ3) is 3.51. The second kappa shape index (κ2) is 6.43. The highest BCUT2D eigenvalue weighted by Gasteiger charge is 2.09. The summed E-state index contributed by atoms with van der Waals surface area (Å²) in [5.74, 6) is -0.331. The van der Waals surface area contributed by atoms with E-state index in [0.717, 1.165) is 5.69 Å². The number of hydrogen-bond acceptors (Lipinski definition) is 5. The number of rotatable bonds is 5. The minimum absolute atomic E-state index is 0.331. The van der Waals surface area contributed by atoms with Crippen LogP contribution in [0.5, 0.6) is 0 Å². The second-order valence-electron chi connectivity index (χ2n) is 4.39. The monoisotopic (exact) mass is 290 g/mol. The Morgan fingerprint density at radius 1 is 1.35 bits per heavy atom. The predicted octanol–water partition coefficient (Wildman–Crippen LogP) is 3.43. The van der Waals surface area contributed by atoms with Crippen molar-refractivity contribution in [2.24, 2.45) is 0 Å². The number of hydrogen-bond donors (Lipinski definition) is 2. The normalized spacial score (nSPS) is 10.3. The van der Waals surface area contributed by atoms with Gasteiger partial charge >= 0.3 is 5.97 Å². The van der Waals surface area contributed by atoms with E-state index in [1.165, 1.54) is 9.75 Å². The SMILES string of the molecule is CCOC(=O)c1ccc(N)c(NCc2ccc(C)s2)c1. The van der Waals surface area contributed by atoms with Gasteiger partial charge in [0, 0.05) is 16.3 Å². The van der Waals surface area contributed by atoms with E-state index in [9.17, 15) is 4.79 Å². The van der Waals surface area contributed by atoms with Crippen LogP contribution in [-0.2, 0) is 11.3 Å². The molecule has 0 atom stereocenters. The van der Waals surface area contributed by atoms with Crippen LogP contribution in [0.3, 0.4) is 0 Å². The fraction of sp³-hybridized carbons (Fsp3) is 0.267. The molecule has 0 saturated carbocycles. The summed E-state index contributed by atoms with van der Waals surface area (Å²) >= 11 is 1.74. The van der Waals surface area contributed by atoms with Gasteiger partial charge in [0.15, 0.2) is 0 Å². The molecule has 0 spiro atoms. The van der Waals surface area contributed by atoms with Crippen LogP contribution in [0.2, 0.25) is 0 Å². The first-order valence-electron chi connectivity index (χ1n) is 6.46. The number of esters is 1. The summed E-state index contributed by atoms with van der Waals surface area (Å²) < 4.78 is 4.98. The van der Waals surface area contributed by atoms with E-state index in [1.54, 1.807) is 36.5 Å². The fourth-order valence-corrected chi connectivity index (χ4v) is 2.64. The van der Waals surface area contributed by atoms with E-state index >= 15 is 0 Å². The van der Waals surface area contributed by atoms with Crippen molar-refractivity contribution in [1.29, 1.82) is 0 Å². The van der Waals surface area contributed by atoms with Crippen LogP contribution >= 0.6 is 11.3 Å². The lowest BCUT2D eigenvalue weighted by Crippen LogP contribution is -2.07. The largest absolute Gasteiger partial charge is 0.462 e. The van der Waals surface area contributed by atoms with Crippen molar-refractivity contribution in [3.63, 3.8) is 0 Å². The molecule has 0 bridgehead atoms. The van der Waals surface area contributed by atoms with Gasteiger partial charge in [-0.1, -0.05) is 0 Å². The fourth-order valence-electron chi connectivity index (χ4n) is 1.81. The smallest absolute Gasteiger partial charge is 0.338 e. The van der Waals surface area contributed by atoms with E-state index in [0.29, 0.717) is 24.4 Å². The van der Waals surface area contributed by atoms with Crippen molar-refractivity contribution in [1.82, 2.24) is 0 Å². The Labute approximate surface area is 122 Å². The quantitative estimate of drug-likeness (QED) is 0.654. The van der Waals surface area contributed by atoms with Gasteiger partial charge in [0.2, 0.25) is 0 Å². The number of nitrogen functional groups attached to an aromatic ring is 1. The van der Waals surface area contributed by atoms with Crippen molar-refractivity contribution in [3.05, 3.63) is 45.6 Å². The first-order valence-corrected chi connectivity index (χ1v) is 7.27. The van der Waals surface area contributed by atoms with Crippen LogP contribution in [0, 0.1) is 6.92 Å². The van der Waals surface area contributed by atoms with Gasteiger partial charge in [-0.15, -0.1) is 11.3 Å². The zero-order chi connectivity index (χ0) is 14.5. The third-order valence-electron chi connectivity index (χ3n) is 2.81. The van der Waals surface area contributed by atoms with E-state index in [1.807, 2.05) is 0 Å². The molecule has 0 aliphatic heterocycles. The number of carbonyl (C=O) groups excluding carboxylic acids is 1. The van der Waals surface area contributed by atoms with Gasteiger partial charge in [0.25, 0.3) is 0 Å². The maximum Gasteiger partial charge on any atom is 0.338 e. The molecular formula is C15H18N2O2S. The number of nitrogens with one attached hydrogen (secondary N) is 1. The number of nitrogens with two attached hydrogens (primary N) is 1. The van der Waals surface area contributed by atoms with E-state index in [-0.39, 0.29) is 5.97 Å². The zero-order valence-corrected chi connectivity index (χ0v) is 12.4. The van der Waals surface area contributed by atoms with Crippen LogP contribution < -0.4 is 11.1 Å². The standard InChI is InChI=1S/C15H18N2O2S/c1-3-19-15(18)11-5-7-13(16)14(8-11)17-9-12-6-4-10(2)20-12/h4-8,17H,3,9,16H2,1-2H3. The Morgan fingerprint density at radius 3 is 2.80 bits per heavy atom. The molecule has 0 aliphatic rings. The Hall–Kier alpha value is -2.01. The van der Waals surface area contributed by atoms with Crippen LogP contribution in [0.1, 0.15) is 27.0 Å². The summed E-state index contributed by atoms with van der Waals surface area (Å²) in [7, 11) is 0. The third-order valence-corrected chi connectivity index (χ3v) is 3.81. The Kier molecular flexibility index (Phi) is 4.63. The number of anilines is 2. The lowest BCUT2D eigenvalue weighted by Gasteiger charge is -2.10. The molecule has 0 fully saturated rings. The number of aryl methyl sites for hydroxylation is 1. The highest BCUT2D eigenvalue weighted by atomic mass is 32.1. The highest BCUT2D eigenvalue weighted by Crippen LogP contribution is 2.23. The van der Waals surface area contributed by atoms with Gasteiger partial charge in [0.1, 0.15) is 0 Å². The number of ether oxygens (including phenoxy) is 1. The molecule has 2 aromatic rings. The zero-order valence-electron chi connectivity index (χ0n) is 11.6. The van der Waals surface area contributed by atoms with Gasteiger partial charge < -0.3 is 15.8 Å². The van der Waals surface area contributed by atoms with Gasteiger partial charge in [0.05, 0.1) is 23.5 Å². The molecule has 1 heterocycles. The summed E-state index contributed by atoms with van der Waals surface area (Å²) in [6, 6.07) is 9.29. The molecule has 0 aliphatic carbocycles. The molecule has 20 heavy (non-hydrogen) atoms. The number of carbonyl (C=O) groups is 1. The molecule has 2 rings (SSSR count). The van der Waals surface area contributed by atoms with Gasteiger partial charge in [-0.2, -0.15) is 0 Å². The van der Waals surface area contributed by atoms with Gasteiger partial charge in [-0.05, 0) is 44.2 Å². The molecular weight excluding hydrogens is 272 g/mol. The minimum Gasteiger partial charge on any atom is -0.462 e. The molecule has 1 aromatic carbocycles. The van der Waals surface area contributed by atoms with Crippen molar-refractivity contribution in [3.8, 4) is 0 Å². The number of thiophene rings is 1. The molecule has 5 heteroatoms. The van der Waals surface area contributed by atoms with Crippen molar-refractivity contribution >= 4 is 28.7 Å². The van der Waals surface area contributed by atoms with Gasteiger partial charge in [-0.3, -0.25) is 0 Å². The lowest BCUT2D eigenvalue weighted by atomic mass is 10.1. The van der Waals surface area contributed by atoms with E-state index in [4.69, 9.17) is 10.5 Å². The van der Waals surface area contributed by atoms with Crippen molar-refractivity contribution in [2.75, 3.05) is 17.7 Å². The Bertz CT molecular complexity index is 608. The maximum absolute atomic E-state index is 11.7. The molecule has 0 unspecified atom stereocenters. The van der Waals surface area contributed by atoms with Crippen LogP contribution in [-0.4, -0.2) is 12.6 Å². The van der Waals surface area contributed by atoms with Crippen LogP contribution in [0.4, 0.5) is 11.4 Å². The molecule has 3 N–H and O–H groups in total. The maximum atomic E-state index is 11.7. The van der Waals surface area contributed by atoms with Crippen molar-refractivity contribution in [2.45, 2.75) is 20.4 Å². The minimum atomic E-state index is -0.331. The first kappa shape index (κ1) is 14.4. The van der Waals surface area contributed by atoms with Crippen molar-refractivity contribution < 1.29 is 9.53 Å². The summed E-state index contributed by atoms with van der Waals surface area (Å²) in [6.45, 7) is 4.91. The van der Waals surface area contributed by atoms with Gasteiger partial charge in [-0.25, -0.2) is 4.79 Å². The predicted molar refractivity (Wildman–Crippen MR) is 83.2 cm³/mol. The average Bonchev–Trinajstić information content (AvgIpc) is 2.84. The van der Waals surface area contributed by atoms with Crippen LogP contribution in [0.25, 0.3) is 0 Å². The summed E-state index contributed by atoms with van der Waals surface area (Å²) in [6.07, 6.45) is 0. The molecule has 4 nitrogen and oxygen atoms in total. The summed E-state index contributed by atoms with van der Waals surface area (Å²) in [5, 5.41) is 3.26. The Balaban J connectivity index is 2.10. The van der Waals surface area contributed by atoms with E-state index < -0.39 is 0 Å². The Morgan fingerprint density at radius 2 is 2.15 bits per heavy atom. The highest BCUT2D eigenvalue weighted by molar-refractivity contribution is 7.11. The second-order valence-corrected chi connectivity index (χ2v) is 5.76. The molecule has 1 aromatic heterocycles. The van der Waals surface area contributed by atoms with Crippen LogP contribution in [0.15, 0.2) is 30.3 Å². The number of benzene rings is 1. The summed E-state index contributed by atoms with van der Waals surface area (Å²) in [4.78, 5) is 14.2. The lowest BCUT2D eigenvalue weighted by molar-refractivity contribution is 0.0526. The summed E-state index contributed by atoms with van der Waals surface area (Å²) in [5.41, 5.74) is 7.80. The molecule has 0 saturated heterocycles.